The third-order valence-corrected chi connectivity index (χ3v) is 3.81. The number of hydrogen-bond donors (Lipinski definition) is 3. The van der Waals surface area contributed by atoms with Crippen LogP contribution in [0.1, 0.15) is 16.2 Å². The second-order valence-corrected chi connectivity index (χ2v) is 6.33. The van der Waals surface area contributed by atoms with Crippen LogP contribution in [-0.2, 0) is 15.4 Å². The minimum absolute atomic E-state index is 0.0325. The van der Waals surface area contributed by atoms with Crippen molar-refractivity contribution in [2.75, 3.05) is 0 Å². The topological polar surface area (TPSA) is 121 Å². The molecule has 0 amide bonds. The zero-order valence-corrected chi connectivity index (χ0v) is 11.7. The first-order chi connectivity index (χ1) is 8.84. The molecule has 0 spiro atoms. The smallest absolute Gasteiger partial charge is 0.361 e. The van der Waals surface area contributed by atoms with Gasteiger partial charge in [-0.3, -0.25) is 4.57 Å². The van der Waals surface area contributed by atoms with Crippen LogP contribution in [0.25, 0.3) is 5.65 Å². The van der Waals surface area contributed by atoms with E-state index in [0.717, 1.165) is 0 Å². The second kappa shape index (κ2) is 5.03. The van der Waals surface area contributed by atoms with Crippen molar-refractivity contribution in [2.45, 2.75) is 6.16 Å². The lowest BCUT2D eigenvalue weighted by Crippen LogP contribution is -2.04. The molecule has 0 saturated heterocycles. The molecule has 2 heterocycles. The van der Waals surface area contributed by atoms with Crippen molar-refractivity contribution in [3.05, 3.63) is 34.2 Å². The second-order valence-electron chi connectivity index (χ2n) is 3.66. The molecule has 2 aromatic heterocycles. The molecule has 2 aromatic rings. The Morgan fingerprint density at radius 1 is 1.58 bits per heavy atom. The number of aromatic nitrogens is 2. The van der Waals surface area contributed by atoms with Gasteiger partial charge in [-0.2, -0.15) is 4.67 Å². The number of aromatic carboxylic acids is 1. The van der Waals surface area contributed by atoms with Crippen molar-refractivity contribution >= 4 is 35.1 Å². The van der Waals surface area contributed by atoms with E-state index in [4.69, 9.17) is 10.4 Å². The van der Waals surface area contributed by atoms with Crippen LogP contribution in [0.5, 0.6) is 0 Å². The van der Waals surface area contributed by atoms with Crippen LogP contribution in [0, 0.1) is 0 Å². The lowest BCUT2D eigenvalue weighted by molar-refractivity contribution is -0.146. The summed E-state index contributed by atoms with van der Waals surface area (Å²) >= 11 is 3.21. The average molecular weight is 351 g/mol. The van der Waals surface area contributed by atoms with Crippen LogP contribution in [0.15, 0.2) is 22.8 Å². The fourth-order valence-corrected chi connectivity index (χ4v) is 2.67. The minimum Gasteiger partial charge on any atom is -0.476 e. The maximum absolute atomic E-state index is 11.4. The van der Waals surface area contributed by atoms with Gasteiger partial charge in [0.2, 0.25) is 0 Å². The predicted octanol–water partition coefficient (Wildman–Crippen LogP) is 1.97. The molecule has 0 saturated carbocycles. The Hall–Kier alpha value is -1.25. The molecule has 0 aromatic carbocycles. The first-order valence-corrected chi connectivity index (χ1v) is 7.44. The molecule has 0 aliphatic carbocycles. The summed E-state index contributed by atoms with van der Waals surface area (Å²) < 4.78 is 16.9. The molecule has 19 heavy (non-hydrogen) atoms. The molecule has 10 heteroatoms. The summed E-state index contributed by atoms with van der Waals surface area (Å²) in [6.07, 6.45) is 0.819. The normalized spacial score (nSPS) is 14.5. The fourth-order valence-electron chi connectivity index (χ4n) is 1.61. The quantitative estimate of drug-likeness (QED) is 0.437. The molecule has 1 atom stereocenters. The highest BCUT2D eigenvalue weighted by atomic mass is 79.9. The van der Waals surface area contributed by atoms with Gasteiger partial charge in [0.25, 0.3) is 0 Å². The highest BCUT2D eigenvalue weighted by Crippen LogP contribution is 2.45. The molecule has 0 aliphatic heterocycles. The largest absolute Gasteiger partial charge is 0.476 e. The van der Waals surface area contributed by atoms with Crippen LogP contribution in [0.2, 0.25) is 0 Å². The van der Waals surface area contributed by atoms with E-state index in [0.29, 0.717) is 10.1 Å². The van der Waals surface area contributed by atoms with Gasteiger partial charge in [0.05, 0.1) is 11.9 Å². The van der Waals surface area contributed by atoms with E-state index in [1.165, 1.54) is 10.6 Å². The van der Waals surface area contributed by atoms with Crippen molar-refractivity contribution in [3.8, 4) is 0 Å². The predicted molar refractivity (Wildman–Crippen MR) is 67.1 cm³/mol. The van der Waals surface area contributed by atoms with E-state index < -0.39 is 19.7 Å². The molecule has 1 unspecified atom stereocenters. The van der Waals surface area contributed by atoms with Crippen LogP contribution in [0.4, 0.5) is 0 Å². The van der Waals surface area contributed by atoms with Crippen LogP contribution < -0.4 is 0 Å². The first kappa shape index (κ1) is 14.2. The molecule has 0 fully saturated rings. The van der Waals surface area contributed by atoms with Gasteiger partial charge in [0.15, 0.2) is 5.69 Å². The summed E-state index contributed by atoms with van der Waals surface area (Å²) in [5.41, 5.74) is -0.112. The Labute approximate surface area is 114 Å². The van der Waals surface area contributed by atoms with Gasteiger partial charge in [0.1, 0.15) is 5.65 Å². The average Bonchev–Trinajstić information content (AvgIpc) is 2.67. The first-order valence-electron chi connectivity index (χ1n) is 4.89. The van der Waals surface area contributed by atoms with Crippen molar-refractivity contribution in [1.29, 1.82) is 0 Å². The number of carbonyl (C=O) groups is 1. The number of halogens is 1. The maximum Gasteiger partial charge on any atom is 0.361 e. The molecule has 0 bridgehead atoms. The lowest BCUT2D eigenvalue weighted by atomic mass is 10.3. The van der Waals surface area contributed by atoms with Gasteiger partial charge < -0.3 is 14.4 Å². The van der Waals surface area contributed by atoms with Gasteiger partial charge in [-0.05, 0) is 12.1 Å². The van der Waals surface area contributed by atoms with E-state index in [-0.39, 0.29) is 11.4 Å². The Balaban J connectivity index is 2.65. The van der Waals surface area contributed by atoms with E-state index in [1.807, 2.05) is 0 Å². The van der Waals surface area contributed by atoms with Gasteiger partial charge in [-0.25, -0.2) is 15.0 Å². The summed E-state index contributed by atoms with van der Waals surface area (Å²) in [6, 6.07) is 3.17. The summed E-state index contributed by atoms with van der Waals surface area (Å²) in [7, 11) is -4.33. The Bertz CT molecular complexity index is 699. The molecule has 0 radical (unpaired) electrons. The number of carboxylic acid groups (broad SMARTS) is 1. The molecule has 3 N–H and O–H groups in total. The van der Waals surface area contributed by atoms with Gasteiger partial charge in [0, 0.05) is 10.7 Å². The van der Waals surface area contributed by atoms with Crippen LogP contribution >= 0.6 is 23.5 Å². The zero-order valence-electron chi connectivity index (χ0n) is 9.23. The summed E-state index contributed by atoms with van der Waals surface area (Å²) in [5.74, 6) is -1.34. The number of hydrogen-bond acceptors (Lipinski definition) is 5. The van der Waals surface area contributed by atoms with Gasteiger partial charge in [-0.1, -0.05) is 15.9 Å². The van der Waals surface area contributed by atoms with E-state index in [2.05, 4.69) is 25.6 Å². The number of carboxylic acids is 1. The van der Waals surface area contributed by atoms with Crippen LogP contribution in [-0.4, -0.2) is 30.6 Å². The van der Waals surface area contributed by atoms with Crippen molar-refractivity contribution in [2.24, 2.45) is 0 Å². The number of pyridine rings is 1. The Morgan fingerprint density at radius 2 is 2.26 bits per heavy atom. The lowest BCUT2D eigenvalue weighted by Gasteiger charge is -2.07. The monoisotopic (exact) mass is 350 g/mol. The summed E-state index contributed by atoms with van der Waals surface area (Å²) in [6.45, 7) is 0. The molecule has 102 valence electrons. The standard InChI is InChI=1S/C9H8BrN2O6P/c10-5-1-2-12-6(4-19(16,17)18-15)8(9(13)14)11-7(12)3-5/h1-3,15H,4H2,(H,13,14)(H,16,17). The third-order valence-electron chi connectivity index (χ3n) is 2.37. The van der Waals surface area contributed by atoms with Crippen LogP contribution in [0.3, 0.4) is 0 Å². The fraction of sp³-hybridized carbons (Fsp3) is 0.111. The number of imidazole rings is 1. The third kappa shape index (κ3) is 2.85. The highest BCUT2D eigenvalue weighted by molar-refractivity contribution is 9.10. The van der Waals surface area contributed by atoms with Crippen molar-refractivity contribution < 1.29 is 29.3 Å². The van der Waals surface area contributed by atoms with E-state index in [1.54, 1.807) is 12.1 Å². The maximum atomic E-state index is 11.4. The van der Waals surface area contributed by atoms with E-state index in [9.17, 15) is 14.3 Å². The molecule has 0 aliphatic rings. The summed E-state index contributed by atoms with van der Waals surface area (Å²) in [4.78, 5) is 24.2. The SMILES string of the molecule is O=C(O)c1nc2cc(Br)ccn2c1CP(=O)(O)OO. The van der Waals surface area contributed by atoms with E-state index >= 15 is 0 Å². The Kier molecular flexibility index (Phi) is 3.75. The zero-order chi connectivity index (χ0) is 14.2. The Morgan fingerprint density at radius 3 is 2.84 bits per heavy atom. The highest BCUT2D eigenvalue weighted by Gasteiger charge is 2.28. The van der Waals surface area contributed by atoms with Crippen molar-refractivity contribution in [3.63, 3.8) is 0 Å². The van der Waals surface area contributed by atoms with Crippen molar-refractivity contribution in [1.82, 2.24) is 9.38 Å². The minimum atomic E-state index is -4.33. The number of nitrogens with zero attached hydrogens (tertiary/aromatic N) is 2. The molecule has 8 nitrogen and oxygen atoms in total. The summed E-state index contributed by atoms with van der Waals surface area (Å²) in [5, 5.41) is 17.4. The number of fused-ring (bicyclic) bond motifs is 1. The molecular formula is C9H8BrN2O6P. The molecule has 2 rings (SSSR count). The molecular weight excluding hydrogens is 343 g/mol. The van der Waals surface area contributed by atoms with Gasteiger partial charge in [-0.15, -0.1) is 0 Å². The number of rotatable bonds is 4. The van der Waals surface area contributed by atoms with Gasteiger partial charge >= 0.3 is 13.6 Å².